The monoisotopic (exact) mass is 653 g/mol. The fourth-order valence-electron chi connectivity index (χ4n) is 3.93. The second-order valence-corrected chi connectivity index (χ2v) is 9.78. The number of aryl methyl sites for hydroxylation is 1. The van der Waals surface area contributed by atoms with Gasteiger partial charge in [0, 0.05) is 29.9 Å². The Labute approximate surface area is 244 Å². The summed E-state index contributed by atoms with van der Waals surface area (Å²) in [7, 11) is 3.91. The molecule has 2 heterocycles. The molecule has 4 aromatic rings. The van der Waals surface area contributed by atoms with Crippen molar-refractivity contribution in [2.45, 2.75) is 13.8 Å². The predicted molar refractivity (Wildman–Crippen MR) is 148 cm³/mol. The molecule has 10 heteroatoms. The van der Waals surface area contributed by atoms with Gasteiger partial charge in [0.1, 0.15) is 24.5 Å². The van der Waals surface area contributed by atoms with E-state index in [-0.39, 0.29) is 29.5 Å². The maximum Gasteiger partial charge on any atom is 0.259 e. The summed E-state index contributed by atoms with van der Waals surface area (Å²) in [5.41, 5.74) is 1.97. The van der Waals surface area contributed by atoms with Crippen LogP contribution in [0.25, 0.3) is 22.2 Å². The number of rotatable bonds is 9. The molecule has 0 spiro atoms. The lowest BCUT2D eigenvalue weighted by atomic mass is 10.1. The first-order chi connectivity index (χ1) is 17.2. The number of likely N-dealkylation sites (N-methyl/N-ethyl adjacent to an activating group) is 1. The molecule has 4 rings (SSSR count). The van der Waals surface area contributed by atoms with Crippen LogP contribution in [0.1, 0.15) is 13.8 Å². The number of nitrogens with one attached hydrogen (secondary N) is 1. The van der Waals surface area contributed by atoms with E-state index in [9.17, 15) is 4.79 Å². The van der Waals surface area contributed by atoms with E-state index in [1.807, 2.05) is 24.3 Å². The Morgan fingerprint density at radius 1 is 1.05 bits per heavy atom. The second-order valence-electron chi connectivity index (χ2n) is 8.96. The van der Waals surface area contributed by atoms with Crippen LogP contribution in [0.5, 0.6) is 5.75 Å². The van der Waals surface area contributed by atoms with Crippen LogP contribution in [0.3, 0.4) is 0 Å². The zero-order valence-electron chi connectivity index (χ0n) is 21.3. The van der Waals surface area contributed by atoms with Crippen LogP contribution in [-0.4, -0.2) is 52.3 Å². The Bertz CT molecular complexity index is 1420. The van der Waals surface area contributed by atoms with Gasteiger partial charge in [0.15, 0.2) is 0 Å². The summed E-state index contributed by atoms with van der Waals surface area (Å²) in [6.07, 6.45) is 1.67. The largest absolute Gasteiger partial charge is 1.00 e. The van der Waals surface area contributed by atoms with E-state index in [0.717, 1.165) is 35.6 Å². The van der Waals surface area contributed by atoms with Crippen LogP contribution >= 0.6 is 23.2 Å². The predicted octanol–water partition coefficient (Wildman–Crippen LogP) is 2.92. The standard InChI is InChI=1S/C27H29Cl2N5O2.HI/c1-5-34(4,6-2)14-15-36-20-12-10-19(11-13-20)31-27-30-17-18-16-21(26(35)33(3)25(18)32-27)24-22(28)8-7-9-23(24)29;/h7-13,16-17H,5-6,14-15H2,1-4H3;1H. The van der Waals surface area contributed by atoms with Crippen molar-refractivity contribution < 1.29 is 33.2 Å². The van der Waals surface area contributed by atoms with Gasteiger partial charge in [0.2, 0.25) is 5.95 Å². The molecule has 1 N–H and O–H groups in total. The average molecular weight is 654 g/mol. The van der Waals surface area contributed by atoms with Crippen molar-refractivity contribution in [3.63, 3.8) is 0 Å². The first-order valence-corrected chi connectivity index (χ1v) is 12.6. The normalized spacial score (nSPS) is 11.3. The highest BCUT2D eigenvalue weighted by Gasteiger charge is 2.17. The second kappa shape index (κ2) is 12.4. The summed E-state index contributed by atoms with van der Waals surface area (Å²) < 4.78 is 8.39. The molecule has 0 amide bonds. The van der Waals surface area contributed by atoms with Gasteiger partial charge in [0.25, 0.3) is 5.56 Å². The van der Waals surface area contributed by atoms with Crippen LogP contribution in [0.4, 0.5) is 11.6 Å². The molecule has 0 unspecified atom stereocenters. The van der Waals surface area contributed by atoms with Crippen molar-refractivity contribution in [2.24, 2.45) is 7.05 Å². The summed E-state index contributed by atoms with van der Waals surface area (Å²) >= 11 is 12.7. The van der Waals surface area contributed by atoms with Crippen molar-refractivity contribution in [2.75, 3.05) is 38.6 Å². The Hall–Kier alpha value is -2.40. The van der Waals surface area contributed by atoms with Crippen LogP contribution in [0.15, 0.2) is 59.5 Å². The molecule has 7 nitrogen and oxygen atoms in total. The zero-order chi connectivity index (χ0) is 25.9. The van der Waals surface area contributed by atoms with E-state index in [1.54, 1.807) is 37.5 Å². The average Bonchev–Trinajstić information content (AvgIpc) is 2.88. The molecule has 0 aliphatic carbocycles. The third kappa shape index (κ3) is 6.54. The first-order valence-electron chi connectivity index (χ1n) is 11.9. The molecule has 2 aromatic heterocycles. The first kappa shape index (κ1) is 29.2. The highest BCUT2D eigenvalue weighted by atomic mass is 127. The highest BCUT2D eigenvalue weighted by Crippen LogP contribution is 2.33. The fourth-order valence-corrected chi connectivity index (χ4v) is 4.53. The minimum Gasteiger partial charge on any atom is -1.00 e. The molecule has 0 bridgehead atoms. The SMILES string of the molecule is CC[N+](C)(CC)CCOc1ccc(Nc2ncc3cc(-c4c(Cl)cccc4Cl)c(=O)n(C)c3n2)cc1.[I-]. The molecule has 2 aromatic carbocycles. The van der Waals surface area contributed by atoms with Gasteiger partial charge < -0.3 is 38.5 Å². The number of fused-ring (bicyclic) bond motifs is 1. The van der Waals surface area contributed by atoms with Crippen molar-refractivity contribution in [3.8, 4) is 16.9 Å². The molecule has 0 fully saturated rings. The summed E-state index contributed by atoms with van der Waals surface area (Å²) in [6.45, 7) is 8.17. The molecule has 0 aliphatic rings. The maximum atomic E-state index is 13.1. The van der Waals surface area contributed by atoms with Crippen molar-refractivity contribution >= 4 is 45.9 Å². The Morgan fingerprint density at radius 3 is 2.32 bits per heavy atom. The Balaban J connectivity index is 0.00000380. The fraction of sp³-hybridized carbons (Fsp3) is 0.296. The number of anilines is 2. The molecule has 0 saturated heterocycles. The summed E-state index contributed by atoms with van der Waals surface area (Å²) in [6, 6.07) is 14.5. The maximum absolute atomic E-state index is 13.1. The molecular formula is C27H30Cl2IN5O2. The van der Waals surface area contributed by atoms with Gasteiger partial charge in [0.05, 0.1) is 35.7 Å². The van der Waals surface area contributed by atoms with Crippen molar-refractivity contribution in [1.29, 1.82) is 0 Å². The number of pyridine rings is 1. The van der Waals surface area contributed by atoms with Crippen LogP contribution < -0.4 is 39.6 Å². The number of hydrogen-bond donors (Lipinski definition) is 1. The topological polar surface area (TPSA) is 69.0 Å². The van der Waals surface area contributed by atoms with Gasteiger partial charge in [-0.25, -0.2) is 4.98 Å². The van der Waals surface area contributed by atoms with E-state index in [2.05, 4.69) is 36.2 Å². The van der Waals surface area contributed by atoms with Gasteiger partial charge in [-0.1, -0.05) is 29.3 Å². The van der Waals surface area contributed by atoms with E-state index in [0.29, 0.717) is 44.8 Å². The number of quaternary nitrogens is 1. The van der Waals surface area contributed by atoms with E-state index >= 15 is 0 Å². The molecular weight excluding hydrogens is 624 g/mol. The summed E-state index contributed by atoms with van der Waals surface area (Å²) in [4.78, 5) is 22.1. The van der Waals surface area contributed by atoms with E-state index < -0.39 is 0 Å². The highest BCUT2D eigenvalue weighted by molar-refractivity contribution is 6.39. The van der Waals surface area contributed by atoms with E-state index in [4.69, 9.17) is 27.9 Å². The third-order valence-corrected chi connectivity index (χ3v) is 7.35. The lowest BCUT2D eigenvalue weighted by Gasteiger charge is -2.31. The number of aromatic nitrogens is 3. The number of benzene rings is 2. The molecule has 37 heavy (non-hydrogen) atoms. The lowest BCUT2D eigenvalue weighted by Crippen LogP contribution is -3.00. The molecule has 0 radical (unpaired) electrons. The van der Waals surface area contributed by atoms with Crippen LogP contribution in [0.2, 0.25) is 10.0 Å². The number of hydrogen-bond acceptors (Lipinski definition) is 5. The summed E-state index contributed by atoms with van der Waals surface area (Å²) in [5, 5.41) is 4.71. The molecule has 0 saturated carbocycles. The third-order valence-electron chi connectivity index (χ3n) is 6.72. The lowest BCUT2D eigenvalue weighted by molar-refractivity contribution is -0.906. The minimum absolute atomic E-state index is 0. The number of nitrogens with zero attached hydrogens (tertiary/aromatic N) is 4. The van der Waals surface area contributed by atoms with Gasteiger partial charge in [-0.3, -0.25) is 9.36 Å². The van der Waals surface area contributed by atoms with Gasteiger partial charge in [-0.15, -0.1) is 0 Å². The van der Waals surface area contributed by atoms with Gasteiger partial charge >= 0.3 is 0 Å². The minimum atomic E-state index is -0.246. The Morgan fingerprint density at radius 2 is 1.70 bits per heavy atom. The molecule has 0 aliphatic heterocycles. The van der Waals surface area contributed by atoms with Crippen LogP contribution in [-0.2, 0) is 7.05 Å². The molecule has 196 valence electrons. The Kier molecular flexibility index (Phi) is 9.80. The molecule has 0 atom stereocenters. The smallest absolute Gasteiger partial charge is 0.259 e. The van der Waals surface area contributed by atoms with E-state index in [1.165, 1.54) is 4.57 Å². The zero-order valence-corrected chi connectivity index (χ0v) is 24.9. The quantitative estimate of drug-likeness (QED) is 0.222. The van der Waals surface area contributed by atoms with Gasteiger partial charge in [-0.05, 0) is 56.3 Å². The number of halogens is 3. The van der Waals surface area contributed by atoms with Gasteiger partial charge in [-0.2, -0.15) is 4.98 Å². The van der Waals surface area contributed by atoms with Crippen molar-refractivity contribution in [3.05, 3.63) is 75.1 Å². The number of ether oxygens (including phenoxy) is 1. The summed E-state index contributed by atoms with van der Waals surface area (Å²) in [5.74, 6) is 1.19. The van der Waals surface area contributed by atoms with Crippen molar-refractivity contribution in [1.82, 2.24) is 14.5 Å². The van der Waals surface area contributed by atoms with Crippen LogP contribution in [0, 0.1) is 0 Å².